The van der Waals surface area contributed by atoms with E-state index in [-0.39, 0.29) is 23.2 Å². The van der Waals surface area contributed by atoms with Crippen LogP contribution < -0.4 is 10.1 Å². The van der Waals surface area contributed by atoms with E-state index in [1.165, 1.54) is 11.8 Å². The molecule has 1 aromatic heterocycles. The van der Waals surface area contributed by atoms with Crippen LogP contribution in [0.25, 0.3) is 0 Å². The summed E-state index contributed by atoms with van der Waals surface area (Å²) in [5.74, 6) is 2.10. The van der Waals surface area contributed by atoms with Crippen LogP contribution in [0.15, 0.2) is 53.8 Å². The number of methoxy groups -OCH3 is 1. The summed E-state index contributed by atoms with van der Waals surface area (Å²) in [6.07, 6.45) is 4.51. The molecule has 0 saturated carbocycles. The summed E-state index contributed by atoms with van der Waals surface area (Å²) >= 11 is 1.53. The third kappa shape index (κ3) is 3.35. The summed E-state index contributed by atoms with van der Waals surface area (Å²) in [5, 5.41) is 8.74. The number of Topliss-reactive ketones (excluding diaryl/α,β-unsaturated/α-hetero) is 1. The molecule has 0 amide bonds. The highest BCUT2D eigenvalue weighted by Crippen LogP contribution is 2.45. The number of hydrogen-bond donors (Lipinski definition) is 1. The Balaban J connectivity index is 1.83. The first-order chi connectivity index (χ1) is 13.4. The standard InChI is InChI=1S/C21H24N4O2S/c1-5-10-28-20-23-19-22-15-11-21(2,3)12-16(26)17(15)18(25(19)24-20)13-6-8-14(27-4)9-7-13/h5-9,11,17-18H,1,10,12H2,2-4H3,(H,22,23,24)/t17-,18+/m0/s1. The van der Waals surface area contributed by atoms with E-state index in [2.05, 4.69) is 36.8 Å². The normalized spacial score (nSPS) is 22.5. The lowest BCUT2D eigenvalue weighted by atomic mass is 9.72. The van der Waals surface area contributed by atoms with Crippen molar-refractivity contribution in [2.45, 2.75) is 31.5 Å². The molecule has 1 aromatic carbocycles. The second-order valence-electron chi connectivity index (χ2n) is 7.81. The molecule has 7 heteroatoms. The van der Waals surface area contributed by atoms with Gasteiger partial charge in [-0.1, -0.05) is 49.9 Å². The van der Waals surface area contributed by atoms with Crippen molar-refractivity contribution in [2.75, 3.05) is 18.2 Å². The van der Waals surface area contributed by atoms with E-state index in [0.29, 0.717) is 17.5 Å². The zero-order chi connectivity index (χ0) is 19.9. The first-order valence-electron chi connectivity index (χ1n) is 9.28. The second kappa shape index (κ2) is 7.13. The Bertz CT molecular complexity index is 946. The molecule has 1 aliphatic heterocycles. The minimum Gasteiger partial charge on any atom is -0.497 e. The molecule has 4 rings (SSSR count). The van der Waals surface area contributed by atoms with Gasteiger partial charge in [-0.25, -0.2) is 4.68 Å². The summed E-state index contributed by atoms with van der Waals surface area (Å²) < 4.78 is 7.14. The lowest BCUT2D eigenvalue weighted by Gasteiger charge is -2.40. The number of allylic oxidation sites excluding steroid dienone is 2. The van der Waals surface area contributed by atoms with Crippen LogP contribution in [0.3, 0.4) is 0 Å². The van der Waals surface area contributed by atoms with Gasteiger partial charge in [-0.2, -0.15) is 4.98 Å². The highest BCUT2D eigenvalue weighted by molar-refractivity contribution is 7.99. The Morgan fingerprint density at radius 1 is 1.39 bits per heavy atom. The molecule has 0 saturated heterocycles. The molecule has 0 unspecified atom stereocenters. The minimum absolute atomic E-state index is 0.178. The zero-order valence-corrected chi connectivity index (χ0v) is 17.1. The Hall–Kier alpha value is -2.54. The predicted octanol–water partition coefficient (Wildman–Crippen LogP) is 4.08. The number of fused-ring (bicyclic) bond motifs is 2. The van der Waals surface area contributed by atoms with Gasteiger partial charge in [0, 0.05) is 17.9 Å². The third-order valence-corrected chi connectivity index (χ3v) is 5.93. The van der Waals surface area contributed by atoms with Crippen molar-refractivity contribution in [3.63, 3.8) is 0 Å². The van der Waals surface area contributed by atoms with Gasteiger partial charge in [-0.3, -0.25) is 4.79 Å². The van der Waals surface area contributed by atoms with E-state index in [0.717, 1.165) is 22.8 Å². The SMILES string of the molecule is C=CCSc1nc2n(n1)[C@H](c1ccc(OC)cc1)[C@@H]1C(=O)CC(C)(C)C=C1N2. The highest BCUT2D eigenvalue weighted by Gasteiger charge is 2.45. The van der Waals surface area contributed by atoms with Crippen LogP contribution in [0.5, 0.6) is 5.75 Å². The second-order valence-corrected chi connectivity index (χ2v) is 8.80. The molecule has 0 bridgehead atoms. The first kappa shape index (κ1) is 18.8. The molecule has 2 heterocycles. The van der Waals surface area contributed by atoms with E-state index >= 15 is 0 Å². The van der Waals surface area contributed by atoms with Crippen molar-refractivity contribution >= 4 is 23.5 Å². The van der Waals surface area contributed by atoms with Gasteiger partial charge >= 0.3 is 0 Å². The maximum absolute atomic E-state index is 13.2. The zero-order valence-electron chi connectivity index (χ0n) is 16.3. The van der Waals surface area contributed by atoms with Crippen LogP contribution in [0.4, 0.5) is 5.95 Å². The molecule has 0 radical (unpaired) electrons. The number of ether oxygens (including phenoxy) is 1. The molecule has 1 N–H and O–H groups in total. The number of carbonyl (C=O) groups excluding carboxylic acids is 1. The van der Waals surface area contributed by atoms with Crippen LogP contribution in [0.2, 0.25) is 0 Å². The average molecular weight is 397 g/mol. The van der Waals surface area contributed by atoms with Crippen molar-refractivity contribution in [2.24, 2.45) is 11.3 Å². The molecule has 146 valence electrons. The fraction of sp³-hybridized carbons (Fsp3) is 0.381. The minimum atomic E-state index is -0.298. The van der Waals surface area contributed by atoms with Crippen molar-refractivity contribution in [1.29, 1.82) is 0 Å². The highest BCUT2D eigenvalue weighted by atomic mass is 32.2. The number of aromatic nitrogens is 3. The largest absolute Gasteiger partial charge is 0.497 e. The molecule has 28 heavy (non-hydrogen) atoms. The number of anilines is 1. The molecule has 2 aliphatic rings. The van der Waals surface area contributed by atoms with Crippen LogP contribution in [-0.2, 0) is 4.79 Å². The quantitative estimate of drug-likeness (QED) is 0.607. The lowest BCUT2D eigenvalue weighted by Crippen LogP contribution is -2.42. The molecule has 2 aromatic rings. The molecular weight excluding hydrogens is 372 g/mol. The van der Waals surface area contributed by atoms with Crippen LogP contribution in [0.1, 0.15) is 31.9 Å². The van der Waals surface area contributed by atoms with Gasteiger partial charge in [0.2, 0.25) is 11.1 Å². The van der Waals surface area contributed by atoms with Crippen molar-refractivity contribution < 1.29 is 9.53 Å². The molecule has 2 atom stereocenters. The number of nitrogens with zero attached hydrogens (tertiary/aromatic N) is 3. The van der Waals surface area contributed by atoms with Crippen molar-refractivity contribution in [3.8, 4) is 5.75 Å². The van der Waals surface area contributed by atoms with Gasteiger partial charge in [0.1, 0.15) is 11.5 Å². The molecule has 1 aliphatic carbocycles. The Kier molecular flexibility index (Phi) is 4.79. The molecule has 6 nitrogen and oxygen atoms in total. The van der Waals surface area contributed by atoms with Gasteiger partial charge in [-0.05, 0) is 23.1 Å². The van der Waals surface area contributed by atoms with E-state index in [1.807, 2.05) is 35.0 Å². The third-order valence-electron chi connectivity index (χ3n) is 5.09. The maximum atomic E-state index is 13.2. The summed E-state index contributed by atoms with van der Waals surface area (Å²) in [4.78, 5) is 17.8. The molecule has 0 fully saturated rings. The van der Waals surface area contributed by atoms with E-state index < -0.39 is 0 Å². The van der Waals surface area contributed by atoms with E-state index in [1.54, 1.807) is 7.11 Å². The number of thioether (sulfide) groups is 1. The van der Waals surface area contributed by atoms with E-state index in [9.17, 15) is 4.79 Å². The van der Waals surface area contributed by atoms with Crippen molar-refractivity contribution in [1.82, 2.24) is 14.8 Å². The Labute approximate surface area is 169 Å². The van der Waals surface area contributed by atoms with Gasteiger partial charge in [0.25, 0.3) is 0 Å². The van der Waals surface area contributed by atoms with Gasteiger partial charge in [0.15, 0.2) is 0 Å². The van der Waals surface area contributed by atoms with Gasteiger partial charge in [-0.15, -0.1) is 11.7 Å². The van der Waals surface area contributed by atoms with Crippen molar-refractivity contribution in [3.05, 3.63) is 54.3 Å². The smallest absolute Gasteiger partial charge is 0.227 e. The fourth-order valence-electron chi connectivity index (χ4n) is 3.94. The van der Waals surface area contributed by atoms with Crippen LogP contribution >= 0.6 is 11.8 Å². The van der Waals surface area contributed by atoms with Crippen LogP contribution in [-0.4, -0.2) is 33.4 Å². The number of rotatable bonds is 5. The summed E-state index contributed by atoms with van der Waals surface area (Å²) in [5.41, 5.74) is 1.75. The Morgan fingerprint density at radius 2 is 2.14 bits per heavy atom. The number of carbonyl (C=O) groups is 1. The number of benzene rings is 1. The number of hydrogen-bond acceptors (Lipinski definition) is 6. The Morgan fingerprint density at radius 3 is 2.82 bits per heavy atom. The number of nitrogens with one attached hydrogen (secondary N) is 1. The van der Waals surface area contributed by atoms with E-state index in [4.69, 9.17) is 9.84 Å². The predicted molar refractivity (Wildman–Crippen MR) is 111 cm³/mol. The lowest BCUT2D eigenvalue weighted by molar-refractivity contribution is -0.125. The monoisotopic (exact) mass is 396 g/mol. The number of ketones is 1. The molecule has 0 spiro atoms. The maximum Gasteiger partial charge on any atom is 0.227 e. The topological polar surface area (TPSA) is 69.0 Å². The fourth-order valence-corrected chi connectivity index (χ4v) is 4.50. The van der Waals surface area contributed by atoms with Crippen LogP contribution in [0, 0.1) is 11.3 Å². The van der Waals surface area contributed by atoms with Gasteiger partial charge < -0.3 is 10.1 Å². The summed E-state index contributed by atoms with van der Waals surface area (Å²) in [6, 6.07) is 7.61. The summed E-state index contributed by atoms with van der Waals surface area (Å²) in [7, 11) is 1.64. The molecular formula is C21H24N4O2S. The first-order valence-corrected chi connectivity index (χ1v) is 10.3. The van der Waals surface area contributed by atoms with Gasteiger partial charge in [0.05, 0.1) is 19.1 Å². The average Bonchev–Trinajstić information content (AvgIpc) is 3.06. The summed E-state index contributed by atoms with van der Waals surface area (Å²) in [6.45, 7) is 7.93.